The van der Waals surface area contributed by atoms with Crippen molar-refractivity contribution in [1.29, 1.82) is 0 Å². The number of aromatic nitrogens is 6. The maximum absolute atomic E-state index is 11.9. The zero-order valence-electron chi connectivity index (χ0n) is 19.0. The summed E-state index contributed by atoms with van der Waals surface area (Å²) in [6, 6.07) is -1.18. The molecule has 1 aliphatic carbocycles. The first-order valence-corrected chi connectivity index (χ1v) is 11.4. The Balaban J connectivity index is 1.56. The summed E-state index contributed by atoms with van der Waals surface area (Å²) in [5.74, 6) is -0.237. The Morgan fingerprint density at radius 2 is 2.11 bits per heavy atom. The third-order valence-electron chi connectivity index (χ3n) is 6.43. The molecule has 2 fully saturated rings. The third kappa shape index (κ3) is 4.31. The van der Waals surface area contributed by atoms with Gasteiger partial charge in [-0.1, -0.05) is 6.92 Å². The summed E-state index contributed by atoms with van der Waals surface area (Å²) in [6.07, 6.45) is 3.33. The van der Waals surface area contributed by atoms with Crippen LogP contribution < -0.4 is 16.4 Å². The molecule has 0 aromatic carbocycles. The molecular weight excluding hydrogens is 458 g/mol. The number of aliphatic hydroxyl groups is 2. The van der Waals surface area contributed by atoms with Crippen molar-refractivity contribution >= 4 is 28.8 Å². The molecule has 2 aliphatic rings. The lowest BCUT2D eigenvalue weighted by Gasteiger charge is -2.19. The Hall–Kier alpha value is -3.62. The number of nitrogens with zero attached hydrogens (tertiary/aromatic N) is 6. The van der Waals surface area contributed by atoms with Crippen LogP contribution in [0.3, 0.4) is 0 Å². The van der Waals surface area contributed by atoms with Gasteiger partial charge in [-0.25, -0.2) is 9.67 Å². The maximum Gasteiger partial charge on any atom is 0.254 e. The molecule has 4 heterocycles. The third-order valence-corrected chi connectivity index (χ3v) is 6.43. The van der Waals surface area contributed by atoms with Crippen LogP contribution in [0.25, 0.3) is 17.1 Å². The van der Waals surface area contributed by atoms with Gasteiger partial charge in [0.25, 0.3) is 11.9 Å². The lowest BCUT2D eigenvalue weighted by molar-refractivity contribution is -0.122. The minimum absolute atomic E-state index is 0.0254. The van der Waals surface area contributed by atoms with Crippen LogP contribution in [0.2, 0.25) is 0 Å². The molecule has 3 aromatic heterocycles. The maximum atomic E-state index is 11.9. The van der Waals surface area contributed by atoms with Crippen LogP contribution in [0.4, 0.5) is 5.82 Å². The number of amides is 2. The highest BCUT2D eigenvalue weighted by molar-refractivity contribution is 5.92. The Morgan fingerprint density at radius 3 is 2.80 bits per heavy atom. The molecule has 0 radical (unpaired) electrons. The number of primary amides is 1. The summed E-state index contributed by atoms with van der Waals surface area (Å²) >= 11 is 0. The number of ether oxygens (including phenoxy) is 1. The van der Waals surface area contributed by atoms with Crippen molar-refractivity contribution in [2.24, 2.45) is 5.73 Å². The van der Waals surface area contributed by atoms with Crippen molar-refractivity contribution in [3.05, 3.63) is 24.3 Å². The van der Waals surface area contributed by atoms with E-state index in [-0.39, 0.29) is 36.3 Å². The predicted molar refractivity (Wildman–Crippen MR) is 122 cm³/mol. The Kier molecular flexibility index (Phi) is 6.08. The van der Waals surface area contributed by atoms with E-state index in [9.17, 15) is 19.8 Å². The summed E-state index contributed by atoms with van der Waals surface area (Å²) in [4.78, 5) is 37.1. The van der Waals surface area contributed by atoms with Crippen molar-refractivity contribution in [3.63, 3.8) is 0 Å². The number of hydrogen-bond acceptors (Lipinski definition) is 10. The van der Waals surface area contributed by atoms with Gasteiger partial charge in [0.15, 0.2) is 17.0 Å². The zero-order chi connectivity index (χ0) is 24.7. The molecule has 0 spiro atoms. The smallest absolute Gasteiger partial charge is 0.254 e. The van der Waals surface area contributed by atoms with Gasteiger partial charge in [-0.05, 0) is 12.8 Å². The average Bonchev–Trinajstić information content (AvgIpc) is 3.63. The molecule has 3 aromatic rings. The number of aliphatic hydroxyl groups excluding tert-OH is 2. The van der Waals surface area contributed by atoms with Gasteiger partial charge in [-0.3, -0.25) is 9.59 Å². The van der Waals surface area contributed by atoms with E-state index in [0.29, 0.717) is 30.2 Å². The molecule has 2 amide bonds. The van der Waals surface area contributed by atoms with Crippen LogP contribution in [-0.2, 0) is 9.53 Å². The van der Waals surface area contributed by atoms with Gasteiger partial charge in [-0.15, -0.1) is 0 Å². The van der Waals surface area contributed by atoms with Gasteiger partial charge < -0.3 is 35.9 Å². The Labute approximate surface area is 199 Å². The molecule has 1 aliphatic heterocycles. The average molecular weight is 486 g/mol. The SMILES string of the molecule is CCC(=O)N[C@H]1C[C@@H](n2cnc3c(NC4CCOC4)nc(-n4cc(C(N)=O)cn4)nc32)[C@H](O)[C@@H]1O. The highest BCUT2D eigenvalue weighted by Crippen LogP contribution is 2.34. The molecule has 5 rings (SSSR count). The molecule has 5 atom stereocenters. The van der Waals surface area contributed by atoms with Crippen LogP contribution in [0.5, 0.6) is 0 Å². The lowest BCUT2D eigenvalue weighted by atomic mass is 10.2. The van der Waals surface area contributed by atoms with Crippen molar-refractivity contribution in [2.75, 3.05) is 18.5 Å². The second-order valence-corrected chi connectivity index (χ2v) is 8.75. The fraction of sp³-hybridized carbons (Fsp3) is 0.524. The van der Waals surface area contributed by atoms with Crippen molar-refractivity contribution in [3.8, 4) is 5.95 Å². The zero-order valence-corrected chi connectivity index (χ0v) is 19.0. The summed E-state index contributed by atoms with van der Waals surface area (Å²) in [7, 11) is 0. The predicted octanol–water partition coefficient (Wildman–Crippen LogP) is -1.13. The van der Waals surface area contributed by atoms with Gasteiger partial charge >= 0.3 is 0 Å². The fourth-order valence-electron chi connectivity index (χ4n) is 4.49. The quantitative estimate of drug-likeness (QED) is 0.273. The normalized spacial score (nSPS) is 26.3. The molecule has 1 saturated heterocycles. The standard InChI is InChI=1S/C21H27N9O5/c1-2-14(31)26-12-5-13(17(33)16(12)32)29-9-23-15-19(25-11-3-4-35-8-11)27-21(28-20(15)29)30-7-10(6-24-30)18(22)34/h6-7,9,11-13,16-17,32-33H,2-5,8H2,1H3,(H2,22,34)(H,26,31)(H,25,27,28)/t11?,12-,13+,16+,17-/m0/s1. The number of nitrogens with two attached hydrogens (primary N) is 1. The number of carbonyl (C=O) groups excluding carboxylic acids is 2. The molecule has 14 heteroatoms. The molecular formula is C21H27N9O5. The first-order valence-electron chi connectivity index (χ1n) is 11.4. The van der Waals surface area contributed by atoms with Crippen molar-refractivity contribution in [2.45, 2.75) is 56.5 Å². The molecule has 0 bridgehead atoms. The van der Waals surface area contributed by atoms with E-state index in [2.05, 4.69) is 30.7 Å². The molecule has 6 N–H and O–H groups in total. The van der Waals surface area contributed by atoms with Crippen molar-refractivity contribution < 1.29 is 24.5 Å². The first-order chi connectivity index (χ1) is 16.9. The van der Waals surface area contributed by atoms with Gasteiger partial charge in [0.1, 0.15) is 12.2 Å². The summed E-state index contributed by atoms with van der Waals surface area (Å²) in [6.45, 7) is 2.86. The van der Waals surface area contributed by atoms with Crippen LogP contribution >= 0.6 is 0 Å². The van der Waals surface area contributed by atoms with Crippen LogP contribution in [0.1, 0.15) is 42.6 Å². The number of hydrogen-bond donors (Lipinski definition) is 5. The number of anilines is 1. The molecule has 186 valence electrons. The molecule has 14 nitrogen and oxygen atoms in total. The van der Waals surface area contributed by atoms with E-state index in [4.69, 9.17) is 10.5 Å². The van der Waals surface area contributed by atoms with E-state index < -0.39 is 30.2 Å². The summed E-state index contributed by atoms with van der Waals surface area (Å²) < 4.78 is 8.45. The number of rotatable bonds is 7. The van der Waals surface area contributed by atoms with E-state index in [0.717, 1.165) is 6.42 Å². The lowest BCUT2D eigenvalue weighted by Crippen LogP contribution is -2.42. The number of nitrogens with one attached hydrogen (secondary N) is 2. The van der Waals surface area contributed by atoms with Gasteiger partial charge in [0.05, 0.1) is 42.8 Å². The van der Waals surface area contributed by atoms with E-state index in [1.807, 2.05) is 0 Å². The molecule has 35 heavy (non-hydrogen) atoms. The van der Waals surface area contributed by atoms with E-state index in [1.165, 1.54) is 23.4 Å². The van der Waals surface area contributed by atoms with Crippen LogP contribution in [0.15, 0.2) is 18.7 Å². The van der Waals surface area contributed by atoms with Crippen LogP contribution in [-0.4, -0.2) is 88.8 Å². The topological polar surface area (TPSA) is 195 Å². The second kappa shape index (κ2) is 9.20. The van der Waals surface area contributed by atoms with E-state index >= 15 is 0 Å². The summed E-state index contributed by atoms with van der Waals surface area (Å²) in [5, 5.41) is 31.6. The molecule has 1 saturated carbocycles. The largest absolute Gasteiger partial charge is 0.388 e. The van der Waals surface area contributed by atoms with Gasteiger partial charge in [0.2, 0.25) is 5.91 Å². The second-order valence-electron chi connectivity index (χ2n) is 8.75. The van der Waals surface area contributed by atoms with Gasteiger partial charge in [0, 0.05) is 19.2 Å². The Morgan fingerprint density at radius 1 is 1.29 bits per heavy atom. The monoisotopic (exact) mass is 485 g/mol. The number of carbonyl (C=O) groups is 2. The van der Waals surface area contributed by atoms with Gasteiger partial charge in [-0.2, -0.15) is 15.1 Å². The minimum Gasteiger partial charge on any atom is -0.388 e. The summed E-state index contributed by atoms with van der Waals surface area (Å²) in [5.41, 5.74) is 6.41. The fourth-order valence-corrected chi connectivity index (χ4v) is 4.49. The minimum atomic E-state index is -1.15. The van der Waals surface area contributed by atoms with Crippen molar-refractivity contribution in [1.82, 2.24) is 34.6 Å². The van der Waals surface area contributed by atoms with Crippen LogP contribution in [0, 0.1) is 0 Å². The highest BCUT2D eigenvalue weighted by Gasteiger charge is 2.43. The Bertz CT molecular complexity index is 1250. The highest BCUT2D eigenvalue weighted by atomic mass is 16.5. The first kappa shape index (κ1) is 23.1. The van der Waals surface area contributed by atoms with E-state index in [1.54, 1.807) is 11.5 Å². The number of imidazole rings is 1. The number of fused-ring (bicyclic) bond motifs is 1. The molecule has 1 unspecified atom stereocenters.